The monoisotopic (exact) mass is 390 g/mol. The van der Waals surface area contributed by atoms with E-state index in [2.05, 4.69) is 12.6 Å². The second-order valence-electron chi connectivity index (χ2n) is 5.12. The Kier molecular flexibility index (Phi) is 8.92. The van der Waals surface area contributed by atoms with E-state index in [1.54, 1.807) is 37.4 Å². The Morgan fingerprint density at radius 1 is 0.769 bits per heavy atom. The molecule has 0 fully saturated rings. The predicted molar refractivity (Wildman–Crippen MR) is 109 cm³/mol. The topological polar surface area (TPSA) is 74.6 Å². The van der Waals surface area contributed by atoms with Gasteiger partial charge in [0.25, 0.3) is 10.1 Å². The van der Waals surface area contributed by atoms with Gasteiger partial charge < -0.3 is 5.11 Å². The van der Waals surface area contributed by atoms with Gasteiger partial charge in [0.2, 0.25) is 0 Å². The first-order valence-electron chi connectivity index (χ1n) is 7.71. The second-order valence-corrected chi connectivity index (χ2v) is 6.51. The number of phenols is 1. The number of benzene rings is 3. The van der Waals surface area contributed by atoms with E-state index in [1.807, 2.05) is 48.5 Å². The van der Waals surface area contributed by atoms with Gasteiger partial charge in [0.1, 0.15) is 5.75 Å². The van der Waals surface area contributed by atoms with Gasteiger partial charge in [-0.1, -0.05) is 66.7 Å². The molecule has 3 rings (SSSR count). The van der Waals surface area contributed by atoms with Gasteiger partial charge in [-0.2, -0.15) is 21.0 Å². The van der Waals surface area contributed by atoms with Crippen molar-refractivity contribution in [2.75, 3.05) is 6.26 Å². The van der Waals surface area contributed by atoms with Crippen molar-refractivity contribution in [2.24, 2.45) is 0 Å². The van der Waals surface area contributed by atoms with Crippen LogP contribution in [0, 0.1) is 6.92 Å². The Hall–Kier alpha value is -2.28. The van der Waals surface area contributed by atoms with Crippen LogP contribution in [0.1, 0.15) is 5.56 Å². The quantitative estimate of drug-likeness (QED) is 0.432. The third kappa shape index (κ3) is 6.55. The molecule has 0 aliphatic carbocycles. The van der Waals surface area contributed by atoms with Crippen LogP contribution < -0.4 is 0 Å². The van der Waals surface area contributed by atoms with Crippen LogP contribution in [-0.4, -0.2) is 24.3 Å². The number of aryl methyl sites for hydroxylation is 1. The largest absolute Gasteiger partial charge is 0.507 e. The van der Waals surface area contributed by atoms with Gasteiger partial charge in [-0.05, 0) is 36.4 Å². The highest BCUT2D eigenvalue weighted by atomic mass is 32.2. The summed E-state index contributed by atoms with van der Waals surface area (Å²) in [6.45, 7) is 1.63. The van der Waals surface area contributed by atoms with Crippen LogP contribution in [0.4, 0.5) is 0 Å². The third-order valence-corrected chi connectivity index (χ3v) is 4.37. The predicted octanol–water partition coefficient (Wildman–Crippen LogP) is 4.85. The van der Waals surface area contributed by atoms with Gasteiger partial charge in [0.05, 0.1) is 4.90 Å². The smallest absolute Gasteiger partial charge is 0.294 e. The van der Waals surface area contributed by atoms with Gasteiger partial charge in [-0.25, -0.2) is 0 Å². The molecule has 0 saturated carbocycles. The average molecular weight is 391 g/mol. The van der Waals surface area contributed by atoms with Crippen molar-refractivity contribution in [3.63, 3.8) is 0 Å². The highest BCUT2D eigenvalue weighted by Gasteiger charge is 2.10. The zero-order valence-corrected chi connectivity index (χ0v) is 16.3. The van der Waals surface area contributed by atoms with Gasteiger partial charge in [-0.3, -0.25) is 4.55 Å². The Morgan fingerprint density at radius 2 is 1.27 bits per heavy atom. The Morgan fingerprint density at radius 3 is 1.77 bits per heavy atom. The summed E-state index contributed by atoms with van der Waals surface area (Å²) in [6, 6.07) is 23.5. The maximum Gasteiger partial charge on any atom is 0.294 e. The number of phenolic OH excluding ortho intramolecular Hbond substituents is 1. The molecule has 0 unspecified atom stereocenters. The van der Waals surface area contributed by atoms with E-state index in [-0.39, 0.29) is 4.90 Å². The molecule has 6 heteroatoms. The molecule has 0 heterocycles. The zero-order chi connectivity index (χ0) is 19.6. The number of rotatable bonds is 2. The molecular weight excluding hydrogens is 368 g/mol. The molecule has 138 valence electrons. The van der Waals surface area contributed by atoms with E-state index < -0.39 is 10.1 Å². The molecule has 0 bridgehead atoms. The van der Waals surface area contributed by atoms with Crippen molar-refractivity contribution in [3.8, 4) is 16.9 Å². The molecule has 0 atom stereocenters. The zero-order valence-electron chi connectivity index (χ0n) is 14.6. The lowest BCUT2D eigenvalue weighted by atomic mass is 10.1. The van der Waals surface area contributed by atoms with Gasteiger partial charge >= 0.3 is 0 Å². The van der Waals surface area contributed by atoms with Gasteiger partial charge in [0.15, 0.2) is 0 Å². The molecule has 0 aromatic heterocycles. The van der Waals surface area contributed by atoms with E-state index in [9.17, 15) is 13.5 Å². The fraction of sp³-hybridized carbons (Fsp3) is 0.100. The summed E-state index contributed by atoms with van der Waals surface area (Å²) in [5, 5.41) is 9.56. The Bertz CT molecular complexity index is 908. The van der Waals surface area contributed by atoms with Crippen molar-refractivity contribution in [1.29, 1.82) is 0 Å². The fourth-order valence-corrected chi connectivity index (χ4v) is 2.91. The number of thiol groups is 1. The molecule has 26 heavy (non-hydrogen) atoms. The van der Waals surface area contributed by atoms with Crippen LogP contribution in [0.2, 0.25) is 0 Å². The molecule has 0 saturated heterocycles. The first-order valence-corrected chi connectivity index (χ1v) is 10.0. The second kappa shape index (κ2) is 10.7. The van der Waals surface area contributed by atoms with Crippen molar-refractivity contribution in [1.82, 2.24) is 0 Å². The molecule has 0 radical (unpaired) electrons. The third-order valence-electron chi connectivity index (χ3n) is 3.36. The molecule has 0 amide bonds. The van der Waals surface area contributed by atoms with E-state index in [1.165, 1.54) is 6.07 Å². The Labute approximate surface area is 160 Å². The van der Waals surface area contributed by atoms with E-state index in [0.717, 1.165) is 11.1 Å². The molecule has 3 aromatic rings. The van der Waals surface area contributed by atoms with E-state index in [4.69, 9.17) is 4.55 Å². The molecule has 4 nitrogen and oxygen atoms in total. The minimum absolute atomic E-state index is 0.0278. The van der Waals surface area contributed by atoms with Crippen LogP contribution >= 0.6 is 12.6 Å². The molecule has 0 aliphatic heterocycles. The summed E-state index contributed by atoms with van der Waals surface area (Å²) in [7, 11) is -4.03. The van der Waals surface area contributed by atoms with Gasteiger partial charge in [0, 0.05) is 5.56 Å². The molecule has 2 N–H and O–H groups in total. The number of aromatic hydroxyl groups is 1. The van der Waals surface area contributed by atoms with Crippen LogP contribution in [0.3, 0.4) is 0 Å². The summed E-state index contributed by atoms with van der Waals surface area (Å²) < 4.78 is 29.9. The molecule has 0 spiro atoms. The molecule has 0 aliphatic rings. The van der Waals surface area contributed by atoms with Crippen LogP contribution in [0.25, 0.3) is 11.1 Å². The first-order chi connectivity index (χ1) is 12.4. The van der Waals surface area contributed by atoms with Crippen molar-refractivity contribution in [3.05, 3.63) is 84.4 Å². The summed E-state index contributed by atoms with van der Waals surface area (Å²) in [4.78, 5) is -0.0278. The van der Waals surface area contributed by atoms with E-state index in [0.29, 0.717) is 11.3 Å². The van der Waals surface area contributed by atoms with Crippen LogP contribution in [0.15, 0.2) is 83.8 Å². The highest BCUT2D eigenvalue weighted by Crippen LogP contribution is 2.27. The van der Waals surface area contributed by atoms with Crippen molar-refractivity contribution >= 4 is 22.7 Å². The lowest BCUT2D eigenvalue weighted by Crippen LogP contribution is -1.99. The fourth-order valence-electron chi connectivity index (χ4n) is 2.18. The van der Waals surface area contributed by atoms with Crippen molar-refractivity contribution in [2.45, 2.75) is 11.8 Å². The Balaban J connectivity index is 0.000000241. The standard InChI is InChI=1S/C12H10O.C7H8O3S.CH4S/c13-12-9-5-4-8-11(12)10-6-2-1-3-7-10;1-6-4-2-3-5-7(6)11(8,9)10;1-2/h1-9,13H;2-5H,1H3,(H,8,9,10);2H,1H3. The number of hydrogen-bond acceptors (Lipinski definition) is 4. The van der Waals surface area contributed by atoms with Gasteiger partial charge in [-0.15, -0.1) is 0 Å². The summed E-state index contributed by atoms with van der Waals surface area (Å²) in [6.07, 6.45) is 1.69. The molecular formula is C20H22O4S2. The summed E-state index contributed by atoms with van der Waals surface area (Å²) in [5.41, 5.74) is 2.47. The maximum atomic E-state index is 10.6. The first kappa shape index (κ1) is 21.8. The average Bonchev–Trinajstić information content (AvgIpc) is 2.64. The van der Waals surface area contributed by atoms with Crippen LogP contribution in [0.5, 0.6) is 5.75 Å². The normalized spacial score (nSPS) is 10.0. The maximum absolute atomic E-state index is 10.6. The molecule has 3 aromatic carbocycles. The van der Waals surface area contributed by atoms with Crippen LogP contribution in [-0.2, 0) is 10.1 Å². The summed E-state index contributed by atoms with van der Waals surface area (Å²) in [5.74, 6) is 0.328. The number of hydrogen-bond donors (Lipinski definition) is 3. The van der Waals surface area contributed by atoms with Crippen molar-refractivity contribution < 1.29 is 18.1 Å². The lowest BCUT2D eigenvalue weighted by Gasteiger charge is -2.02. The SMILES string of the molecule is CS.Cc1ccccc1S(=O)(=O)O.Oc1ccccc1-c1ccccc1. The van der Waals surface area contributed by atoms with E-state index >= 15 is 0 Å². The minimum Gasteiger partial charge on any atom is -0.507 e. The highest BCUT2D eigenvalue weighted by molar-refractivity contribution is 7.85. The number of para-hydroxylation sites is 1. The summed E-state index contributed by atoms with van der Waals surface area (Å²) >= 11 is 3.53. The lowest BCUT2D eigenvalue weighted by molar-refractivity contribution is 0.477. The minimum atomic E-state index is -4.03.